The maximum Gasteiger partial charge on any atom is 0.163 e. The number of fused-ring (bicyclic) bond motifs is 5. The molecule has 2 heterocycles. The highest BCUT2D eigenvalue weighted by Gasteiger charge is 2.08. The molecule has 0 aliphatic rings. The van der Waals surface area contributed by atoms with Gasteiger partial charge in [0.1, 0.15) is 0 Å². The van der Waals surface area contributed by atoms with E-state index in [1.54, 1.807) is 0 Å². The normalized spacial score (nSPS) is 11.6. The first-order valence-electron chi connectivity index (χ1n) is 5.75. The molecule has 4 heteroatoms. The smallest absolute Gasteiger partial charge is 0.163 e. The number of nitrogens with two attached hydrogens (primary N) is 1. The summed E-state index contributed by atoms with van der Waals surface area (Å²) in [5.41, 5.74) is 9.30. The average molecular weight is 234 g/mol. The van der Waals surface area contributed by atoms with E-state index in [-0.39, 0.29) is 0 Å². The molecule has 0 unspecified atom stereocenters. The minimum absolute atomic E-state index is 0.718. The molecule has 2 aromatic heterocycles. The Labute approximate surface area is 103 Å². The average Bonchev–Trinajstić information content (AvgIpc) is 2.76. The highest BCUT2D eigenvalue weighted by molar-refractivity contribution is 5.96. The predicted molar refractivity (Wildman–Crippen MR) is 72.4 cm³/mol. The van der Waals surface area contributed by atoms with Crippen molar-refractivity contribution in [3.05, 3.63) is 48.7 Å². The number of aromatic nitrogens is 3. The van der Waals surface area contributed by atoms with Crippen LogP contribution in [0, 0.1) is 0 Å². The van der Waals surface area contributed by atoms with Gasteiger partial charge in [-0.1, -0.05) is 18.2 Å². The van der Waals surface area contributed by atoms with Crippen LogP contribution in [0.25, 0.3) is 27.5 Å². The Hall–Kier alpha value is -2.62. The summed E-state index contributed by atoms with van der Waals surface area (Å²) in [5, 5.41) is 6.68. The largest absolute Gasteiger partial charge is 0.399 e. The Morgan fingerprint density at radius 3 is 2.89 bits per heavy atom. The SMILES string of the molecule is Nc1ccc2c(c1)nn1c3ccccc3cnc21. The second-order valence-electron chi connectivity index (χ2n) is 4.33. The van der Waals surface area contributed by atoms with Gasteiger partial charge in [-0.05, 0) is 24.3 Å². The van der Waals surface area contributed by atoms with Crippen LogP contribution in [0.15, 0.2) is 48.7 Å². The van der Waals surface area contributed by atoms with Crippen molar-refractivity contribution in [3.63, 3.8) is 0 Å². The molecular formula is C14H10N4. The van der Waals surface area contributed by atoms with Crippen molar-refractivity contribution < 1.29 is 0 Å². The lowest BCUT2D eigenvalue weighted by Gasteiger charge is -1.99. The van der Waals surface area contributed by atoms with Crippen LogP contribution in [0.4, 0.5) is 5.69 Å². The Kier molecular flexibility index (Phi) is 1.67. The Morgan fingerprint density at radius 1 is 1.06 bits per heavy atom. The first-order valence-corrected chi connectivity index (χ1v) is 5.75. The lowest BCUT2D eigenvalue weighted by molar-refractivity contribution is 1.00. The molecule has 0 atom stereocenters. The Bertz CT molecular complexity index is 892. The monoisotopic (exact) mass is 234 g/mol. The summed E-state index contributed by atoms with van der Waals surface area (Å²) < 4.78 is 1.87. The van der Waals surface area contributed by atoms with Crippen molar-refractivity contribution in [1.29, 1.82) is 0 Å². The third kappa shape index (κ3) is 1.14. The van der Waals surface area contributed by atoms with E-state index in [1.807, 2.05) is 53.2 Å². The zero-order valence-corrected chi connectivity index (χ0v) is 9.54. The van der Waals surface area contributed by atoms with Crippen molar-refractivity contribution in [2.75, 3.05) is 5.73 Å². The van der Waals surface area contributed by atoms with Crippen LogP contribution in [-0.2, 0) is 0 Å². The number of para-hydroxylation sites is 1. The molecule has 4 aromatic rings. The Morgan fingerprint density at radius 2 is 1.94 bits per heavy atom. The topological polar surface area (TPSA) is 56.2 Å². The van der Waals surface area contributed by atoms with Gasteiger partial charge in [0.2, 0.25) is 0 Å². The molecule has 2 N–H and O–H groups in total. The summed E-state index contributed by atoms with van der Waals surface area (Å²) in [6.07, 6.45) is 1.88. The second-order valence-corrected chi connectivity index (χ2v) is 4.33. The van der Waals surface area contributed by atoms with Crippen LogP contribution in [0.3, 0.4) is 0 Å². The zero-order chi connectivity index (χ0) is 12.1. The Balaban J connectivity index is 2.29. The number of rotatable bonds is 0. The molecule has 0 saturated carbocycles. The number of anilines is 1. The van der Waals surface area contributed by atoms with E-state index in [9.17, 15) is 0 Å². The van der Waals surface area contributed by atoms with Gasteiger partial charge in [0, 0.05) is 22.7 Å². The van der Waals surface area contributed by atoms with Gasteiger partial charge < -0.3 is 5.73 Å². The van der Waals surface area contributed by atoms with Crippen LogP contribution in [-0.4, -0.2) is 14.6 Å². The standard InChI is InChI=1S/C14H10N4/c15-10-5-6-11-12(7-10)17-18-13-4-2-1-3-9(13)8-16-14(11)18/h1-8H,15H2. The third-order valence-corrected chi connectivity index (χ3v) is 3.16. The number of nitrogen functional groups attached to an aromatic ring is 1. The summed E-state index contributed by atoms with van der Waals surface area (Å²) in [4.78, 5) is 4.49. The summed E-state index contributed by atoms with van der Waals surface area (Å²) >= 11 is 0. The highest BCUT2D eigenvalue weighted by Crippen LogP contribution is 2.23. The van der Waals surface area contributed by atoms with Crippen molar-refractivity contribution in [3.8, 4) is 0 Å². The number of nitrogens with zero attached hydrogens (tertiary/aromatic N) is 3. The second kappa shape index (κ2) is 3.20. The lowest BCUT2D eigenvalue weighted by Crippen LogP contribution is -1.91. The molecule has 0 bridgehead atoms. The molecule has 0 aliphatic heterocycles. The lowest BCUT2D eigenvalue weighted by atomic mass is 10.2. The van der Waals surface area contributed by atoms with Crippen LogP contribution in [0.2, 0.25) is 0 Å². The molecule has 0 radical (unpaired) electrons. The van der Waals surface area contributed by atoms with Gasteiger partial charge in [-0.15, -0.1) is 0 Å². The first-order chi connectivity index (χ1) is 8.83. The van der Waals surface area contributed by atoms with Gasteiger partial charge >= 0.3 is 0 Å². The molecule has 4 rings (SSSR count). The summed E-state index contributed by atoms with van der Waals surface area (Å²) in [5.74, 6) is 0. The molecule has 0 saturated heterocycles. The van der Waals surface area contributed by atoms with E-state index >= 15 is 0 Å². The summed E-state index contributed by atoms with van der Waals surface area (Å²) in [6.45, 7) is 0. The number of hydrogen-bond acceptors (Lipinski definition) is 3. The predicted octanol–water partition coefficient (Wildman–Crippen LogP) is 2.62. The van der Waals surface area contributed by atoms with Crippen LogP contribution in [0.5, 0.6) is 0 Å². The van der Waals surface area contributed by atoms with E-state index in [0.29, 0.717) is 0 Å². The quantitative estimate of drug-likeness (QED) is 0.476. The van der Waals surface area contributed by atoms with E-state index in [0.717, 1.165) is 33.1 Å². The van der Waals surface area contributed by atoms with E-state index in [1.165, 1.54) is 0 Å². The minimum atomic E-state index is 0.718. The molecule has 0 spiro atoms. The van der Waals surface area contributed by atoms with Crippen LogP contribution in [0.1, 0.15) is 0 Å². The number of hydrogen-bond donors (Lipinski definition) is 1. The van der Waals surface area contributed by atoms with E-state index in [4.69, 9.17) is 5.73 Å². The highest BCUT2D eigenvalue weighted by atomic mass is 15.3. The molecule has 18 heavy (non-hydrogen) atoms. The van der Waals surface area contributed by atoms with E-state index < -0.39 is 0 Å². The van der Waals surface area contributed by atoms with Gasteiger partial charge in [0.05, 0.1) is 11.0 Å². The van der Waals surface area contributed by atoms with Gasteiger partial charge in [-0.3, -0.25) is 0 Å². The number of benzene rings is 2. The molecule has 2 aromatic carbocycles. The fraction of sp³-hybridized carbons (Fsp3) is 0. The van der Waals surface area contributed by atoms with Gasteiger partial charge in [0.25, 0.3) is 0 Å². The maximum atomic E-state index is 5.79. The molecular weight excluding hydrogens is 224 g/mol. The molecule has 4 nitrogen and oxygen atoms in total. The van der Waals surface area contributed by atoms with Gasteiger partial charge in [-0.25, -0.2) is 9.50 Å². The summed E-state index contributed by atoms with van der Waals surface area (Å²) in [6, 6.07) is 13.8. The van der Waals surface area contributed by atoms with Crippen LogP contribution < -0.4 is 5.73 Å². The van der Waals surface area contributed by atoms with Crippen molar-refractivity contribution in [2.24, 2.45) is 0 Å². The third-order valence-electron chi connectivity index (χ3n) is 3.16. The van der Waals surface area contributed by atoms with Gasteiger partial charge in [0.15, 0.2) is 5.65 Å². The van der Waals surface area contributed by atoms with Crippen LogP contribution >= 0.6 is 0 Å². The zero-order valence-electron chi connectivity index (χ0n) is 9.54. The maximum absolute atomic E-state index is 5.79. The van der Waals surface area contributed by atoms with Crippen molar-refractivity contribution in [1.82, 2.24) is 14.6 Å². The van der Waals surface area contributed by atoms with Gasteiger partial charge in [-0.2, -0.15) is 5.10 Å². The first kappa shape index (κ1) is 9.41. The van der Waals surface area contributed by atoms with Crippen molar-refractivity contribution in [2.45, 2.75) is 0 Å². The summed E-state index contributed by atoms with van der Waals surface area (Å²) in [7, 11) is 0. The fourth-order valence-corrected chi connectivity index (χ4v) is 2.30. The van der Waals surface area contributed by atoms with E-state index in [2.05, 4.69) is 10.1 Å². The molecule has 0 amide bonds. The molecule has 0 fully saturated rings. The fourth-order valence-electron chi connectivity index (χ4n) is 2.30. The van der Waals surface area contributed by atoms with Crippen molar-refractivity contribution >= 4 is 33.1 Å². The molecule has 86 valence electrons. The molecule has 0 aliphatic carbocycles. The minimum Gasteiger partial charge on any atom is -0.399 e.